The van der Waals surface area contributed by atoms with Crippen LogP contribution in [0.25, 0.3) is 0 Å². The van der Waals surface area contributed by atoms with Crippen LogP contribution in [0.5, 0.6) is 0 Å². The molecular weight excluding hydrogens is 997 g/mol. The molecule has 0 spiro atoms. The van der Waals surface area contributed by atoms with E-state index in [0.29, 0.717) is 6.42 Å². The molecule has 0 aromatic heterocycles. The van der Waals surface area contributed by atoms with Crippen LogP contribution in [-0.4, -0.2) is 37.2 Å². The molecule has 0 saturated heterocycles. The second-order valence-corrected chi connectivity index (χ2v) is 21.3. The lowest BCUT2D eigenvalue weighted by Crippen LogP contribution is -2.30. The molecule has 0 heterocycles. The van der Waals surface area contributed by atoms with E-state index in [1.807, 2.05) is 6.08 Å². The second-order valence-electron chi connectivity index (χ2n) is 21.3. The summed E-state index contributed by atoms with van der Waals surface area (Å²) >= 11 is 0. The summed E-state index contributed by atoms with van der Waals surface area (Å²) in [6, 6.07) is 0. The lowest BCUT2D eigenvalue weighted by molar-refractivity contribution is -0.166. The summed E-state index contributed by atoms with van der Waals surface area (Å²) in [5, 5.41) is 0. The van der Waals surface area contributed by atoms with Crippen molar-refractivity contribution in [3.05, 3.63) is 158 Å². The topological polar surface area (TPSA) is 78.9 Å². The molecule has 456 valence electrons. The van der Waals surface area contributed by atoms with Crippen molar-refractivity contribution >= 4 is 17.9 Å². The highest BCUT2D eigenvalue weighted by molar-refractivity contribution is 5.72. The fraction of sp³-hybridized carbons (Fsp3) is 0.613. The molecule has 0 aliphatic heterocycles. The summed E-state index contributed by atoms with van der Waals surface area (Å²) in [6.45, 7) is 6.30. The van der Waals surface area contributed by atoms with Crippen molar-refractivity contribution in [2.75, 3.05) is 13.2 Å². The van der Waals surface area contributed by atoms with Crippen LogP contribution in [0.2, 0.25) is 0 Å². The minimum absolute atomic E-state index is 0.115. The van der Waals surface area contributed by atoms with Gasteiger partial charge in [-0.15, -0.1) is 0 Å². The maximum Gasteiger partial charge on any atom is 0.309 e. The Morgan fingerprint density at radius 3 is 0.864 bits per heavy atom. The van der Waals surface area contributed by atoms with Crippen LogP contribution >= 0.6 is 0 Å². The van der Waals surface area contributed by atoms with Gasteiger partial charge >= 0.3 is 17.9 Å². The smallest absolute Gasteiger partial charge is 0.309 e. The van der Waals surface area contributed by atoms with Gasteiger partial charge in [0.25, 0.3) is 0 Å². The minimum Gasteiger partial charge on any atom is -0.462 e. The highest BCUT2D eigenvalue weighted by Gasteiger charge is 2.19. The molecule has 6 heteroatoms. The molecule has 0 bridgehead atoms. The third-order valence-corrected chi connectivity index (χ3v) is 13.5. The fourth-order valence-corrected chi connectivity index (χ4v) is 8.67. The van der Waals surface area contributed by atoms with Crippen LogP contribution in [0, 0.1) is 0 Å². The number of rotatable bonds is 58. The fourth-order valence-electron chi connectivity index (χ4n) is 8.67. The molecule has 0 aliphatic carbocycles. The summed E-state index contributed by atoms with van der Waals surface area (Å²) in [4.78, 5) is 38.3. The van der Waals surface area contributed by atoms with Gasteiger partial charge in [-0.2, -0.15) is 0 Å². The van der Waals surface area contributed by atoms with Crippen molar-refractivity contribution in [3.8, 4) is 0 Å². The molecule has 0 radical (unpaired) electrons. The molecule has 0 aromatic carbocycles. The van der Waals surface area contributed by atoms with Gasteiger partial charge < -0.3 is 14.2 Å². The number of esters is 3. The molecule has 0 aliphatic rings. The Hall–Kier alpha value is -4.97. The monoisotopic (exact) mass is 1120 g/mol. The normalized spacial score (nSPS) is 13.2. The van der Waals surface area contributed by atoms with Gasteiger partial charge in [0, 0.05) is 12.8 Å². The Kier molecular flexibility index (Phi) is 63.4. The van der Waals surface area contributed by atoms with Crippen molar-refractivity contribution in [2.24, 2.45) is 0 Å². The average Bonchev–Trinajstić information content (AvgIpc) is 3.47. The van der Waals surface area contributed by atoms with Gasteiger partial charge in [0.1, 0.15) is 13.2 Å². The van der Waals surface area contributed by atoms with Crippen LogP contribution < -0.4 is 0 Å². The zero-order valence-corrected chi connectivity index (χ0v) is 52.2. The lowest BCUT2D eigenvalue weighted by Gasteiger charge is -2.18. The van der Waals surface area contributed by atoms with Gasteiger partial charge in [-0.25, -0.2) is 0 Å². The number of hydrogen-bond acceptors (Lipinski definition) is 6. The summed E-state index contributed by atoms with van der Waals surface area (Å²) < 4.78 is 16.8. The third kappa shape index (κ3) is 65.7. The van der Waals surface area contributed by atoms with E-state index in [2.05, 4.69) is 167 Å². The Labute approximate surface area is 499 Å². The van der Waals surface area contributed by atoms with Gasteiger partial charge in [0.05, 0.1) is 6.42 Å². The van der Waals surface area contributed by atoms with Crippen molar-refractivity contribution in [2.45, 2.75) is 284 Å². The van der Waals surface area contributed by atoms with Crippen molar-refractivity contribution in [1.82, 2.24) is 0 Å². The summed E-state index contributed by atoms with van der Waals surface area (Å²) in [5.41, 5.74) is 0. The van der Waals surface area contributed by atoms with Crippen molar-refractivity contribution in [3.63, 3.8) is 0 Å². The number of ether oxygens (including phenoxy) is 3. The molecule has 0 N–H and O–H groups in total. The van der Waals surface area contributed by atoms with E-state index >= 15 is 0 Å². The largest absolute Gasteiger partial charge is 0.462 e. The molecule has 0 amide bonds. The van der Waals surface area contributed by atoms with E-state index in [1.54, 1.807) is 6.08 Å². The Bertz CT molecular complexity index is 1810. The number of carbonyl (C=O) groups excluding carboxylic acids is 3. The first-order valence-corrected chi connectivity index (χ1v) is 33.0. The first kappa shape index (κ1) is 76.0. The highest BCUT2D eigenvalue weighted by Crippen LogP contribution is 2.15. The summed E-state index contributed by atoms with van der Waals surface area (Å²) in [6.07, 6.45) is 98.5. The van der Waals surface area contributed by atoms with Crippen molar-refractivity contribution in [1.29, 1.82) is 0 Å². The van der Waals surface area contributed by atoms with E-state index in [0.717, 1.165) is 135 Å². The minimum atomic E-state index is -0.839. The predicted molar refractivity (Wildman–Crippen MR) is 352 cm³/mol. The number of hydrogen-bond donors (Lipinski definition) is 0. The highest BCUT2D eigenvalue weighted by atomic mass is 16.6. The predicted octanol–water partition coefficient (Wildman–Crippen LogP) is 22.9. The molecule has 1 unspecified atom stereocenters. The average molecular weight is 1120 g/mol. The van der Waals surface area contributed by atoms with E-state index in [9.17, 15) is 14.4 Å². The van der Waals surface area contributed by atoms with E-state index in [4.69, 9.17) is 14.2 Å². The molecule has 1 atom stereocenters. The first-order valence-electron chi connectivity index (χ1n) is 33.0. The number of carbonyl (C=O) groups is 3. The molecule has 0 aromatic rings. The van der Waals surface area contributed by atoms with Gasteiger partial charge in [-0.1, -0.05) is 288 Å². The van der Waals surface area contributed by atoms with Crippen molar-refractivity contribution < 1.29 is 28.6 Å². The van der Waals surface area contributed by atoms with Crippen LogP contribution in [-0.2, 0) is 28.6 Å². The van der Waals surface area contributed by atoms with Gasteiger partial charge in [-0.3, -0.25) is 14.4 Å². The van der Waals surface area contributed by atoms with E-state index in [1.165, 1.54) is 103 Å². The zero-order chi connectivity index (χ0) is 58.5. The Balaban J connectivity index is 4.45. The molecule has 0 fully saturated rings. The lowest BCUT2D eigenvalue weighted by atomic mass is 10.0. The third-order valence-electron chi connectivity index (χ3n) is 13.5. The number of unbranched alkanes of at least 4 members (excludes halogenated alkanes) is 22. The van der Waals surface area contributed by atoms with Crippen LogP contribution in [0.3, 0.4) is 0 Å². The summed E-state index contributed by atoms with van der Waals surface area (Å²) in [5.74, 6) is -1.08. The number of allylic oxidation sites excluding steroid dienone is 25. The quantitative estimate of drug-likeness (QED) is 0.0261. The standard InChI is InChI=1S/C75H120O6/c1-4-7-10-13-16-19-22-25-28-30-32-34-35-36-37-38-39-41-42-44-47-50-53-56-59-62-65-68-74(77)80-71-72(70-79-73(76)67-64-61-58-55-52-49-46-27-24-21-18-15-12-9-6-3)81-75(78)69-66-63-60-57-54-51-48-45-43-40-33-31-29-26-23-20-17-14-11-8-5-2/h8-9,11-12,17-18,20-22,25-27,29-30,32-33,35-36,40,45-46,48,52,55,61,64,72H,4-7,10,13-16,19,23-24,28,31,34,37-39,41-44,47,49-51,53-54,56-60,62-63,65-71H2,1-3H3/b11-8-,12-9-,20-17-,21-18-,25-22-,29-26-,32-30-,36-35-,40-33-,46-27-,48-45-,55-52-,64-61-. The van der Waals surface area contributed by atoms with Crippen LogP contribution in [0.4, 0.5) is 0 Å². The molecule has 0 rings (SSSR count). The van der Waals surface area contributed by atoms with Gasteiger partial charge in [0.15, 0.2) is 6.10 Å². The van der Waals surface area contributed by atoms with Gasteiger partial charge in [-0.05, 0) is 128 Å². The first-order chi connectivity index (χ1) is 40.0. The van der Waals surface area contributed by atoms with Crippen LogP contribution in [0.15, 0.2) is 158 Å². The van der Waals surface area contributed by atoms with Gasteiger partial charge in [0.2, 0.25) is 0 Å². The second kappa shape index (κ2) is 67.5. The van der Waals surface area contributed by atoms with E-state index in [-0.39, 0.29) is 38.0 Å². The molecule has 81 heavy (non-hydrogen) atoms. The molecule has 6 nitrogen and oxygen atoms in total. The Morgan fingerprint density at radius 2 is 0.531 bits per heavy atom. The SMILES string of the molecule is CC/C=C\C/C=C\C/C=C\C/C=C\C/C=C\CCCCCCCC(=O)OC(COC(=O)C/C=C\C/C=C\C/C=C\C/C=C\C/C=C\CC)COC(=O)CCCCCCCCCCCCCC/C=C\C/C=C\C/C=C\CCCCCCC. The molecular formula is C75H120O6. The van der Waals surface area contributed by atoms with E-state index < -0.39 is 12.1 Å². The van der Waals surface area contributed by atoms with Crippen LogP contribution in [0.1, 0.15) is 278 Å². The zero-order valence-electron chi connectivity index (χ0n) is 52.2. The summed E-state index contributed by atoms with van der Waals surface area (Å²) in [7, 11) is 0. The molecule has 0 saturated carbocycles. The Morgan fingerprint density at radius 1 is 0.272 bits per heavy atom. The maximum atomic E-state index is 12.9. The maximum absolute atomic E-state index is 12.9.